The summed E-state index contributed by atoms with van der Waals surface area (Å²) >= 11 is 0. The summed E-state index contributed by atoms with van der Waals surface area (Å²) in [4.78, 5) is 19.6. The number of carboxylic acids is 1. The van der Waals surface area contributed by atoms with Crippen LogP contribution >= 0.6 is 0 Å². The summed E-state index contributed by atoms with van der Waals surface area (Å²) in [5.74, 6) is -0.231. The van der Waals surface area contributed by atoms with Crippen LogP contribution in [0.5, 0.6) is 5.75 Å². The van der Waals surface area contributed by atoms with Gasteiger partial charge in [0.1, 0.15) is 11.6 Å². The van der Waals surface area contributed by atoms with Crippen LogP contribution in [-0.4, -0.2) is 39.2 Å². The molecule has 0 radical (unpaired) electrons. The first-order valence-corrected chi connectivity index (χ1v) is 7.18. The number of hydrogen-bond acceptors (Lipinski definition) is 5. The van der Waals surface area contributed by atoms with E-state index in [0.29, 0.717) is 5.82 Å². The van der Waals surface area contributed by atoms with Crippen molar-refractivity contribution >= 4 is 5.97 Å². The highest BCUT2D eigenvalue weighted by Gasteiger charge is 2.38. The molecular formula is C16H17N3O3. The smallest absolute Gasteiger partial charge is 0.338 e. The van der Waals surface area contributed by atoms with E-state index in [1.165, 1.54) is 12.4 Å². The summed E-state index contributed by atoms with van der Waals surface area (Å²) in [5.41, 5.74) is 0.627. The van der Waals surface area contributed by atoms with Crippen molar-refractivity contribution in [2.24, 2.45) is 0 Å². The van der Waals surface area contributed by atoms with Gasteiger partial charge in [-0.2, -0.15) is 0 Å². The second-order valence-electron chi connectivity index (χ2n) is 5.48. The number of benzene rings is 1. The Kier molecular flexibility index (Phi) is 3.77. The molecular weight excluding hydrogens is 282 g/mol. The summed E-state index contributed by atoms with van der Waals surface area (Å²) < 4.78 is 0. The van der Waals surface area contributed by atoms with Gasteiger partial charge < -0.3 is 15.5 Å². The summed E-state index contributed by atoms with van der Waals surface area (Å²) in [6.45, 7) is 1.64. The molecule has 6 heteroatoms. The van der Waals surface area contributed by atoms with E-state index in [9.17, 15) is 9.90 Å². The maximum atomic E-state index is 11.0. The second kappa shape index (κ2) is 5.73. The van der Waals surface area contributed by atoms with Crippen LogP contribution in [0.1, 0.15) is 34.6 Å². The third-order valence-electron chi connectivity index (χ3n) is 4.18. The van der Waals surface area contributed by atoms with E-state index < -0.39 is 11.4 Å². The molecule has 1 aliphatic heterocycles. The summed E-state index contributed by atoms with van der Waals surface area (Å²) in [6, 6.07) is 7.13. The molecule has 114 valence electrons. The first-order valence-electron chi connectivity index (χ1n) is 7.18. The van der Waals surface area contributed by atoms with Crippen LogP contribution in [0.25, 0.3) is 0 Å². The first-order chi connectivity index (χ1) is 10.6. The lowest BCUT2D eigenvalue weighted by atomic mass is 9.72. The zero-order valence-corrected chi connectivity index (χ0v) is 12.0. The zero-order chi connectivity index (χ0) is 15.6. The normalized spacial score (nSPS) is 17.1. The van der Waals surface area contributed by atoms with Gasteiger partial charge >= 0.3 is 5.97 Å². The molecule has 2 heterocycles. The van der Waals surface area contributed by atoms with Gasteiger partial charge in [-0.25, -0.2) is 14.8 Å². The standard InChI is InChI=1S/C16H17N3O3/c20-13-3-1-2-12(8-13)16(4-6-17-7-5-16)15-18-9-11(10-19-15)14(21)22/h1-3,8-10,17,20H,4-7H2,(H,21,22). The minimum absolute atomic E-state index is 0.0729. The molecule has 0 bridgehead atoms. The van der Waals surface area contributed by atoms with Crippen LogP contribution in [0, 0.1) is 0 Å². The second-order valence-corrected chi connectivity index (χ2v) is 5.48. The fourth-order valence-electron chi connectivity index (χ4n) is 2.98. The number of aromatic nitrogens is 2. The Hall–Kier alpha value is -2.47. The fourth-order valence-corrected chi connectivity index (χ4v) is 2.98. The highest BCUT2D eigenvalue weighted by molar-refractivity contribution is 5.86. The van der Waals surface area contributed by atoms with Crippen molar-refractivity contribution in [3.63, 3.8) is 0 Å². The number of hydrogen-bond donors (Lipinski definition) is 3. The molecule has 22 heavy (non-hydrogen) atoms. The maximum absolute atomic E-state index is 11.0. The summed E-state index contributed by atoms with van der Waals surface area (Å²) in [7, 11) is 0. The van der Waals surface area contributed by atoms with Gasteiger partial charge in [0.25, 0.3) is 0 Å². The number of nitrogens with one attached hydrogen (secondary N) is 1. The van der Waals surface area contributed by atoms with Gasteiger partial charge in [-0.3, -0.25) is 0 Å². The molecule has 0 aliphatic carbocycles. The van der Waals surface area contributed by atoms with Crippen LogP contribution in [0.2, 0.25) is 0 Å². The first kappa shape index (κ1) is 14.5. The average molecular weight is 299 g/mol. The number of nitrogens with zero attached hydrogens (tertiary/aromatic N) is 2. The van der Waals surface area contributed by atoms with Gasteiger partial charge in [0.15, 0.2) is 0 Å². The number of aromatic carboxylic acids is 1. The SMILES string of the molecule is O=C(O)c1cnc(C2(c3cccc(O)c3)CCNCC2)nc1. The lowest BCUT2D eigenvalue weighted by molar-refractivity contribution is 0.0695. The van der Waals surface area contributed by atoms with Crippen LogP contribution in [0.4, 0.5) is 0 Å². The van der Waals surface area contributed by atoms with Gasteiger partial charge in [-0.15, -0.1) is 0 Å². The van der Waals surface area contributed by atoms with E-state index in [2.05, 4.69) is 15.3 Å². The van der Waals surface area contributed by atoms with Crippen LogP contribution in [0.15, 0.2) is 36.7 Å². The van der Waals surface area contributed by atoms with E-state index in [1.54, 1.807) is 18.2 Å². The number of carbonyl (C=O) groups is 1. The molecule has 1 aromatic carbocycles. The van der Waals surface area contributed by atoms with Crippen molar-refractivity contribution in [3.8, 4) is 5.75 Å². The van der Waals surface area contributed by atoms with Crippen molar-refractivity contribution in [1.82, 2.24) is 15.3 Å². The molecule has 0 amide bonds. The highest BCUT2D eigenvalue weighted by Crippen LogP contribution is 2.39. The zero-order valence-electron chi connectivity index (χ0n) is 12.0. The number of phenols is 1. The maximum Gasteiger partial charge on any atom is 0.338 e. The molecule has 0 saturated carbocycles. The Morgan fingerprint density at radius 2 is 1.86 bits per heavy atom. The number of piperidine rings is 1. The molecule has 1 aromatic heterocycles. The van der Waals surface area contributed by atoms with E-state index in [-0.39, 0.29) is 11.3 Å². The lowest BCUT2D eigenvalue weighted by Crippen LogP contribution is -2.42. The molecule has 3 rings (SSSR count). The number of rotatable bonds is 3. The topological polar surface area (TPSA) is 95.3 Å². The quantitative estimate of drug-likeness (QED) is 0.796. The predicted molar refractivity (Wildman–Crippen MR) is 80.0 cm³/mol. The van der Waals surface area contributed by atoms with Crippen LogP contribution in [0.3, 0.4) is 0 Å². The Morgan fingerprint density at radius 3 is 2.45 bits per heavy atom. The molecule has 6 nitrogen and oxygen atoms in total. The number of phenolic OH excluding ortho intramolecular Hbond substituents is 1. The average Bonchev–Trinajstić information content (AvgIpc) is 2.55. The molecule has 1 fully saturated rings. The monoisotopic (exact) mass is 299 g/mol. The fraction of sp³-hybridized carbons (Fsp3) is 0.312. The Balaban J connectivity index is 2.07. The van der Waals surface area contributed by atoms with E-state index in [4.69, 9.17) is 5.11 Å². The molecule has 3 N–H and O–H groups in total. The van der Waals surface area contributed by atoms with E-state index in [0.717, 1.165) is 31.5 Å². The van der Waals surface area contributed by atoms with Crippen molar-refractivity contribution in [1.29, 1.82) is 0 Å². The Labute approximate surface area is 127 Å². The van der Waals surface area contributed by atoms with Crippen molar-refractivity contribution in [2.75, 3.05) is 13.1 Å². The van der Waals surface area contributed by atoms with E-state index in [1.807, 2.05) is 6.07 Å². The minimum Gasteiger partial charge on any atom is -0.508 e. The third-order valence-corrected chi connectivity index (χ3v) is 4.18. The third kappa shape index (κ3) is 2.53. The summed E-state index contributed by atoms with van der Waals surface area (Å²) in [6.07, 6.45) is 4.28. The number of aromatic hydroxyl groups is 1. The molecule has 1 saturated heterocycles. The largest absolute Gasteiger partial charge is 0.508 e. The van der Waals surface area contributed by atoms with Gasteiger partial charge in [0.05, 0.1) is 11.0 Å². The van der Waals surface area contributed by atoms with Gasteiger partial charge in [0, 0.05) is 12.4 Å². The Bertz CT molecular complexity index is 679. The van der Waals surface area contributed by atoms with Gasteiger partial charge in [-0.1, -0.05) is 12.1 Å². The van der Waals surface area contributed by atoms with Crippen LogP contribution in [-0.2, 0) is 5.41 Å². The molecule has 1 aliphatic rings. The van der Waals surface area contributed by atoms with E-state index >= 15 is 0 Å². The molecule has 0 spiro atoms. The lowest BCUT2D eigenvalue weighted by Gasteiger charge is -2.36. The van der Waals surface area contributed by atoms with Crippen molar-refractivity contribution < 1.29 is 15.0 Å². The molecule has 0 atom stereocenters. The minimum atomic E-state index is -1.04. The number of carboxylic acid groups (broad SMARTS) is 1. The van der Waals surface area contributed by atoms with Crippen LogP contribution < -0.4 is 5.32 Å². The molecule has 0 unspecified atom stereocenters. The predicted octanol–water partition coefficient (Wildman–Crippen LogP) is 1.55. The van der Waals surface area contributed by atoms with Crippen molar-refractivity contribution in [3.05, 3.63) is 53.6 Å². The van der Waals surface area contributed by atoms with Gasteiger partial charge in [0.2, 0.25) is 0 Å². The molecule has 2 aromatic rings. The van der Waals surface area contributed by atoms with Gasteiger partial charge in [-0.05, 0) is 43.6 Å². The highest BCUT2D eigenvalue weighted by atomic mass is 16.4. The Morgan fingerprint density at radius 1 is 1.18 bits per heavy atom. The van der Waals surface area contributed by atoms with Crippen molar-refractivity contribution in [2.45, 2.75) is 18.3 Å². The summed E-state index contributed by atoms with van der Waals surface area (Å²) in [5, 5.41) is 22.1.